The highest BCUT2D eigenvalue weighted by Gasteiger charge is 2.01. The summed E-state index contributed by atoms with van der Waals surface area (Å²) in [5.41, 5.74) is 0.718. The van der Waals surface area contributed by atoms with Crippen molar-refractivity contribution in [2.45, 2.75) is 12.8 Å². The molecule has 12 heavy (non-hydrogen) atoms. The Balaban J connectivity index is 0.00000121. The quantitative estimate of drug-likeness (QED) is 0.744. The van der Waals surface area contributed by atoms with Gasteiger partial charge in [0.15, 0.2) is 0 Å². The molecule has 0 saturated heterocycles. The normalized spacial score (nSPS) is 9.08. The van der Waals surface area contributed by atoms with Gasteiger partial charge in [-0.3, -0.25) is 9.48 Å². The van der Waals surface area contributed by atoms with Crippen molar-refractivity contribution in [1.29, 1.82) is 0 Å². The smallest absolute Gasteiger partial charge is 0.303 e. The molecule has 1 N–H and O–H groups in total. The molecule has 68 valence electrons. The van der Waals surface area contributed by atoms with Gasteiger partial charge in [-0.15, -0.1) is 17.5 Å². The Hall–Kier alpha value is -1.10. The van der Waals surface area contributed by atoms with Crippen LogP contribution in [0.4, 0.5) is 0 Å². The lowest BCUT2D eigenvalue weighted by molar-refractivity contribution is -0.136. The molecule has 0 saturated carbocycles. The molecular weight excluding hydrogens is 182 g/mol. The zero-order valence-corrected chi connectivity index (χ0v) is 7.41. The molecule has 0 radical (unpaired) electrons. The number of hydrogen-bond donors (Lipinski definition) is 1. The Labute approximate surface area is 75.8 Å². The van der Waals surface area contributed by atoms with Gasteiger partial charge in [-0.1, -0.05) is 5.21 Å². The molecule has 0 aliphatic heterocycles. The van der Waals surface area contributed by atoms with E-state index in [4.69, 9.17) is 5.11 Å². The average molecular weight is 192 g/mol. The van der Waals surface area contributed by atoms with E-state index < -0.39 is 5.97 Å². The van der Waals surface area contributed by atoms with Gasteiger partial charge < -0.3 is 5.11 Å². The Kier molecular flexibility index (Phi) is 4.28. The van der Waals surface area contributed by atoms with Crippen LogP contribution in [0.25, 0.3) is 0 Å². The maximum absolute atomic E-state index is 10.1. The molecule has 1 heterocycles. The summed E-state index contributed by atoms with van der Waals surface area (Å²) in [5.74, 6) is -0.810. The van der Waals surface area contributed by atoms with Crippen molar-refractivity contribution in [2.75, 3.05) is 0 Å². The Morgan fingerprint density at radius 3 is 2.83 bits per heavy atom. The second-order valence-corrected chi connectivity index (χ2v) is 2.28. The summed E-state index contributed by atoms with van der Waals surface area (Å²) in [6.07, 6.45) is 2.27. The van der Waals surface area contributed by atoms with Crippen molar-refractivity contribution < 1.29 is 9.90 Å². The van der Waals surface area contributed by atoms with Gasteiger partial charge in [0, 0.05) is 19.7 Å². The fourth-order valence-electron chi connectivity index (χ4n) is 0.745. The fourth-order valence-corrected chi connectivity index (χ4v) is 0.745. The number of carbonyl (C=O) groups is 1. The zero-order chi connectivity index (χ0) is 8.27. The standard InChI is InChI=1S/C6H9N3O2.ClH/c1-9-4-5(7-8-9)2-3-6(10)11;/h4H,2-3H2,1H3,(H,10,11);1H. The van der Waals surface area contributed by atoms with E-state index in [0.717, 1.165) is 5.69 Å². The lowest BCUT2D eigenvalue weighted by Crippen LogP contribution is -1.97. The van der Waals surface area contributed by atoms with Gasteiger partial charge in [-0.05, 0) is 0 Å². The molecule has 0 aliphatic rings. The summed E-state index contributed by atoms with van der Waals surface area (Å²) in [7, 11) is 1.75. The molecule has 1 aromatic rings. The summed E-state index contributed by atoms with van der Waals surface area (Å²) in [4.78, 5) is 10.1. The van der Waals surface area contributed by atoms with Crippen LogP contribution in [-0.2, 0) is 18.3 Å². The van der Waals surface area contributed by atoms with Gasteiger partial charge in [0.05, 0.1) is 12.1 Å². The Morgan fingerprint density at radius 2 is 2.42 bits per heavy atom. The van der Waals surface area contributed by atoms with Crippen LogP contribution in [0.2, 0.25) is 0 Å². The summed E-state index contributed by atoms with van der Waals surface area (Å²) in [6, 6.07) is 0. The van der Waals surface area contributed by atoms with Crippen molar-refractivity contribution in [1.82, 2.24) is 15.0 Å². The molecule has 6 heteroatoms. The second-order valence-electron chi connectivity index (χ2n) is 2.28. The van der Waals surface area contributed by atoms with Gasteiger partial charge in [0.2, 0.25) is 0 Å². The largest absolute Gasteiger partial charge is 0.481 e. The van der Waals surface area contributed by atoms with E-state index in [-0.39, 0.29) is 18.8 Å². The highest BCUT2D eigenvalue weighted by atomic mass is 35.5. The molecule has 5 nitrogen and oxygen atoms in total. The number of rotatable bonds is 3. The van der Waals surface area contributed by atoms with Crippen molar-refractivity contribution >= 4 is 18.4 Å². The van der Waals surface area contributed by atoms with Gasteiger partial charge in [-0.2, -0.15) is 0 Å². The Bertz CT molecular complexity index is 261. The molecule has 0 bridgehead atoms. The van der Waals surface area contributed by atoms with E-state index in [2.05, 4.69) is 10.3 Å². The molecule has 0 aliphatic carbocycles. The molecule has 0 atom stereocenters. The SMILES string of the molecule is Cl.Cn1cc(CCC(=O)O)nn1. The molecule has 1 rings (SSSR count). The zero-order valence-electron chi connectivity index (χ0n) is 6.60. The molecule has 0 amide bonds. The number of hydrogen-bond acceptors (Lipinski definition) is 3. The number of aryl methyl sites for hydroxylation is 2. The van der Waals surface area contributed by atoms with Crippen molar-refractivity contribution in [2.24, 2.45) is 7.05 Å². The summed E-state index contributed by atoms with van der Waals surface area (Å²) in [6.45, 7) is 0. The molecule has 0 spiro atoms. The second kappa shape index (κ2) is 4.71. The van der Waals surface area contributed by atoms with Crippen LogP contribution in [0.1, 0.15) is 12.1 Å². The first kappa shape index (κ1) is 10.9. The average Bonchev–Trinajstić information content (AvgIpc) is 2.31. The number of aliphatic carboxylic acids is 1. The van der Waals surface area contributed by atoms with E-state index in [0.29, 0.717) is 6.42 Å². The third-order valence-electron chi connectivity index (χ3n) is 1.25. The summed E-state index contributed by atoms with van der Waals surface area (Å²) in [5, 5.41) is 15.7. The number of carboxylic acid groups (broad SMARTS) is 1. The molecule has 0 unspecified atom stereocenters. The highest BCUT2D eigenvalue weighted by Crippen LogP contribution is 1.95. The van der Waals surface area contributed by atoms with Crippen LogP contribution >= 0.6 is 12.4 Å². The van der Waals surface area contributed by atoms with Gasteiger partial charge in [0.25, 0.3) is 0 Å². The van der Waals surface area contributed by atoms with E-state index in [9.17, 15) is 4.79 Å². The number of halogens is 1. The summed E-state index contributed by atoms with van der Waals surface area (Å²) >= 11 is 0. The Morgan fingerprint density at radius 1 is 1.75 bits per heavy atom. The van der Waals surface area contributed by atoms with Crippen LogP contribution in [0, 0.1) is 0 Å². The maximum atomic E-state index is 10.1. The van der Waals surface area contributed by atoms with E-state index in [1.165, 1.54) is 0 Å². The maximum Gasteiger partial charge on any atom is 0.303 e. The predicted molar refractivity (Wildman–Crippen MR) is 44.2 cm³/mol. The van der Waals surface area contributed by atoms with Gasteiger partial charge in [0.1, 0.15) is 0 Å². The first-order valence-electron chi connectivity index (χ1n) is 3.25. The van der Waals surface area contributed by atoms with E-state index in [1.54, 1.807) is 17.9 Å². The molecular formula is C6H10ClN3O2. The lowest BCUT2D eigenvalue weighted by atomic mass is 10.2. The highest BCUT2D eigenvalue weighted by molar-refractivity contribution is 5.85. The number of nitrogens with zero attached hydrogens (tertiary/aromatic N) is 3. The predicted octanol–water partition coefficient (Wildman–Crippen LogP) is 0.254. The minimum atomic E-state index is -0.810. The van der Waals surface area contributed by atoms with E-state index in [1.807, 2.05) is 0 Å². The third-order valence-corrected chi connectivity index (χ3v) is 1.25. The van der Waals surface area contributed by atoms with E-state index >= 15 is 0 Å². The van der Waals surface area contributed by atoms with Crippen molar-refractivity contribution in [3.63, 3.8) is 0 Å². The van der Waals surface area contributed by atoms with Crippen LogP contribution in [0.15, 0.2) is 6.20 Å². The lowest BCUT2D eigenvalue weighted by Gasteiger charge is -1.87. The van der Waals surface area contributed by atoms with Crippen LogP contribution in [0.3, 0.4) is 0 Å². The summed E-state index contributed by atoms with van der Waals surface area (Å²) < 4.78 is 1.55. The molecule has 1 aromatic heterocycles. The first-order valence-corrected chi connectivity index (χ1v) is 3.25. The minimum Gasteiger partial charge on any atom is -0.481 e. The third kappa shape index (κ3) is 3.34. The monoisotopic (exact) mass is 191 g/mol. The van der Waals surface area contributed by atoms with Gasteiger partial charge >= 0.3 is 5.97 Å². The fraction of sp³-hybridized carbons (Fsp3) is 0.500. The molecule has 0 aromatic carbocycles. The molecule has 0 fully saturated rings. The first-order chi connectivity index (χ1) is 5.18. The van der Waals surface area contributed by atoms with Gasteiger partial charge in [-0.25, -0.2) is 0 Å². The van der Waals surface area contributed by atoms with Crippen LogP contribution < -0.4 is 0 Å². The number of carboxylic acids is 1. The van der Waals surface area contributed by atoms with Crippen LogP contribution in [-0.4, -0.2) is 26.1 Å². The van der Waals surface area contributed by atoms with Crippen molar-refractivity contribution in [3.8, 4) is 0 Å². The van der Waals surface area contributed by atoms with Crippen molar-refractivity contribution in [3.05, 3.63) is 11.9 Å². The topological polar surface area (TPSA) is 68.0 Å². The minimum absolute atomic E-state index is 0. The number of aromatic nitrogens is 3. The van der Waals surface area contributed by atoms with Crippen LogP contribution in [0.5, 0.6) is 0 Å².